The van der Waals surface area contributed by atoms with Gasteiger partial charge >= 0.3 is 0 Å². The Hall–Kier alpha value is -0.280. The zero-order valence-corrected chi connectivity index (χ0v) is 9.92. The van der Waals surface area contributed by atoms with E-state index in [2.05, 4.69) is 15.7 Å². The average Bonchev–Trinajstić information content (AvgIpc) is 2.77. The Bertz CT molecular complexity index is 305. The van der Waals surface area contributed by atoms with Crippen molar-refractivity contribution in [3.05, 3.63) is 11.1 Å². The molecule has 1 N–H and O–H groups in total. The monoisotopic (exact) mass is 230 g/mol. The van der Waals surface area contributed by atoms with Crippen molar-refractivity contribution < 1.29 is 0 Å². The number of aromatic nitrogens is 1. The van der Waals surface area contributed by atoms with E-state index in [-0.39, 0.29) is 5.54 Å². The first-order valence-corrected chi connectivity index (χ1v) is 6.42. The van der Waals surface area contributed by atoms with Gasteiger partial charge in [-0.2, -0.15) is 0 Å². The molecule has 2 nitrogen and oxygen atoms in total. The molecule has 1 fully saturated rings. The minimum atomic E-state index is 0.117. The Morgan fingerprint density at radius 2 is 2.29 bits per heavy atom. The number of halogens is 1. The van der Waals surface area contributed by atoms with Gasteiger partial charge in [0.25, 0.3) is 0 Å². The van der Waals surface area contributed by atoms with Gasteiger partial charge in [0.2, 0.25) is 0 Å². The van der Waals surface area contributed by atoms with Crippen molar-refractivity contribution in [2.45, 2.75) is 38.1 Å². The second kappa shape index (κ2) is 4.07. The van der Waals surface area contributed by atoms with Gasteiger partial charge in [0.1, 0.15) is 0 Å². The van der Waals surface area contributed by atoms with Crippen molar-refractivity contribution in [1.29, 1.82) is 0 Å². The third-order valence-corrected chi connectivity index (χ3v) is 4.19. The molecule has 0 amide bonds. The smallest absolute Gasteiger partial charge is 0.183 e. The van der Waals surface area contributed by atoms with Crippen LogP contribution in [-0.4, -0.2) is 16.4 Å². The lowest BCUT2D eigenvalue weighted by Crippen LogP contribution is -2.36. The summed E-state index contributed by atoms with van der Waals surface area (Å²) in [5.74, 6) is 0.686. The van der Waals surface area contributed by atoms with Gasteiger partial charge in [-0.3, -0.25) is 0 Å². The Morgan fingerprint density at radius 1 is 1.57 bits per heavy atom. The summed E-state index contributed by atoms with van der Waals surface area (Å²) < 4.78 is 0. The summed E-state index contributed by atoms with van der Waals surface area (Å²) in [6.07, 6.45) is 4.92. The molecule has 1 aliphatic rings. The van der Waals surface area contributed by atoms with Crippen molar-refractivity contribution in [1.82, 2.24) is 4.98 Å². The number of nitrogens with one attached hydrogen (secondary N) is 1. The first-order valence-electron chi connectivity index (χ1n) is 5.00. The van der Waals surface area contributed by atoms with Crippen LogP contribution < -0.4 is 5.32 Å². The second-order valence-corrected chi connectivity index (χ2v) is 5.17. The molecule has 0 atom stereocenters. The number of hydrogen-bond acceptors (Lipinski definition) is 3. The number of nitrogens with zero attached hydrogens (tertiary/aromatic N) is 1. The third kappa shape index (κ3) is 2.04. The molecule has 0 radical (unpaired) electrons. The summed E-state index contributed by atoms with van der Waals surface area (Å²) in [5.41, 5.74) is 1.20. The molecular weight excluding hydrogens is 216 g/mol. The summed E-state index contributed by atoms with van der Waals surface area (Å²) >= 11 is 7.71. The number of alkyl halides is 1. The van der Waals surface area contributed by atoms with Crippen LogP contribution in [-0.2, 0) is 0 Å². The summed E-state index contributed by atoms with van der Waals surface area (Å²) in [6.45, 7) is 2.02. The van der Waals surface area contributed by atoms with Gasteiger partial charge in [-0.1, -0.05) is 12.8 Å². The Balaban J connectivity index is 2.08. The highest BCUT2D eigenvalue weighted by atomic mass is 35.5. The van der Waals surface area contributed by atoms with Crippen molar-refractivity contribution in [3.63, 3.8) is 0 Å². The topological polar surface area (TPSA) is 24.9 Å². The maximum absolute atomic E-state index is 6.04. The fourth-order valence-corrected chi connectivity index (χ4v) is 3.12. The number of hydrogen-bond donors (Lipinski definition) is 1. The Morgan fingerprint density at radius 3 is 2.79 bits per heavy atom. The van der Waals surface area contributed by atoms with E-state index >= 15 is 0 Å². The second-order valence-electron chi connectivity index (χ2n) is 4.04. The Kier molecular flexibility index (Phi) is 2.98. The number of aryl methyl sites for hydroxylation is 1. The lowest BCUT2D eigenvalue weighted by molar-refractivity contribution is 0.539. The van der Waals surface area contributed by atoms with E-state index in [9.17, 15) is 0 Å². The maximum atomic E-state index is 6.04. The first-order chi connectivity index (χ1) is 6.74. The molecule has 0 saturated heterocycles. The molecule has 4 heteroatoms. The standard InChI is InChI=1S/C10H15ClN2S/c1-8-6-14-9(12-8)13-10(7-11)4-2-3-5-10/h6H,2-5,7H2,1H3,(H,12,13). The van der Waals surface area contributed by atoms with Gasteiger partial charge in [0.05, 0.1) is 11.2 Å². The van der Waals surface area contributed by atoms with Crippen LogP contribution in [0.1, 0.15) is 31.4 Å². The zero-order valence-electron chi connectivity index (χ0n) is 8.35. The predicted molar refractivity (Wildman–Crippen MR) is 62.4 cm³/mol. The fourth-order valence-electron chi connectivity index (χ4n) is 1.98. The minimum Gasteiger partial charge on any atom is -0.355 e. The molecule has 14 heavy (non-hydrogen) atoms. The highest BCUT2D eigenvalue weighted by Crippen LogP contribution is 2.34. The molecule has 78 valence electrons. The van der Waals surface area contributed by atoms with E-state index in [4.69, 9.17) is 11.6 Å². The van der Waals surface area contributed by atoms with Crippen molar-refractivity contribution in [2.75, 3.05) is 11.2 Å². The quantitative estimate of drug-likeness (QED) is 0.805. The van der Waals surface area contributed by atoms with Gasteiger partial charge in [-0.15, -0.1) is 22.9 Å². The summed E-state index contributed by atoms with van der Waals surface area (Å²) in [7, 11) is 0. The molecule has 1 heterocycles. The van der Waals surface area contributed by atoms with E-state index < -0.39 is 0 Å². The first kappa shape index (κ1) is 10.2. The van der Waals surface area contributed by atoms with Crippen LogP contribution >= 0.6 is 22.9 Å². The molecule has 1 aromatic heterocycles. The van der Waals surface area contributed by atoms with Crippen LogP contribution in [0.3, 0.4) is 0 Å². The molecule has 1 aromatic rings. The molecule has 0 aromatic carbocycles. The zero-order chi connectivity index (χ0) is 10.0. The molecule has 1 aliphatic carbocycles. The van der Waals surface area contributed by atoms with Crippen molar-refractivity contribution >= 4 is 28.1 Å². The van der Waals surface area contributed by atoms with E-state index in [1.165, 1.54) is 25.7 Å². The largest absolute Gasteiger partial charge is 0.355 e. The Labute approximate surface area is 93.7 Å². The van der Waals surface area contributed by atoms with Crippen molar-refractivity contribution in [3.8, 4) is 0 Å². The summed E-state index contributed by atoms with van der Waals surface area (Å²) in [6, 6.07) is 0. The lowest BCUT2D eigenvalue weighted by atomic mass is 10.0. The average molecular weight is 231 g/mol. The van der Waals surface area contributed by atoms with Crippen LogP contribution in [0.5, 0.6) is 0 Å². The van der Waals surface area contributed by atoms with E-state index in [1.54, 1.807) is 11.3 Å². The van der Waals surface area contributed by atoms with Crippen LogP contribution in [0.15, 0.2) is 5.38 Å². The molecule has 0 bridgehead atoms. The highest BCUT2D eigenvalue weighted by molar-refractivity contribution is 7.13. The van der Waals surface area contributed by atoms with Crippen molar-refractivity contribution in [2.24, 2.45) is 0 Å². The molecular formula is C10H15ClN2S. The van der Waals surface area contributed by atoms with Crippen LogP contribution in [0.2, 0.25) is 0 Å². The number of rotatable bonds is 3. The molecule has 0 spiro atoms. The molecule has 2 rings (SSSR count). The lowest BCUT2D eigenvalue weighted by Gasteiger charge is -2.27. The summed E-state index contributed by atoms with van der Waals surface area (Å²) in [4.78, 5) is 4.42. The van der Waals surface area contributed by atoms with Gasteiger partial charge in [0, 0.05) is 11.3 Å². The van der Waals surface area contributed by atoms with Gasteiger partial charge in [-0.25, -0.2) is 4.98 Å². The maximum Gasteiger partial charge on any atom is 0.183 e. The minimum absolute atomic E-state index is 0.117. The normalized spacial score (nSPS) is 19.9. The molecule has 0 aliphatic heterocycles. The van der Waals surface area contributed by atoms with Gasteiger partial charge in [-0.05, 0) is 19.8 Å². The molecule has 1 saturated carbocycles. The third-order valence-electron chi connectivity index (χ3n) is 2.81. The van der Waals surface area contributed by atoms with Crippen LogP contribution in [0.25, 0.3) is 0 Å². The number of anilines is 1. The SMILES string of the molecule is Cc1csc(NC2(CCl)CCCC2)n1. The number of thiazole rings is 1. The van der Waals surface area contributed by atoms with E-state index in [0.717, 1.165) is 10.8 Å². The van der Waals surface area contributed by atoms with Crippen LogP contribution in [0.4, 0.5) is 5.13 Å². The fraction of sp³-hybridized carbons (Fsp3) is 0.700. The van der Waals surface area contributed by atoms with E-state index in [0.29, 0.717) is 5.88 Å². The van der Waals surface area contributed by atoms with Crippen LogP contribution in [0, 0.1) is 6.92 Å². The predicted octanol–water partition coefficient (Wildman–Crippen LogP) is 3.42. The highest BCUT2D eigenvalue weighted by Gasteiger charge is 2.33. The van der Waals surface area contributed by atoms with E-state index in [1.807, 2.05) is 6.92 Å². The van der Waals surface area contributed by atoms with Gasteiger partial charge in [0.15, 0.2) is 5.13 Å². The summed E-state index contributed by atoms with van der Waals surface area (Å²) in [5, 5.41) is 6.59. The molecule has 0 unspecified atom stereocenters. The van der Waals surface area contributed by atoms with Gasteiger partial charge < -0.3 is 5.32 Å².